The van der Waals surface area contributed by atoms with E-state index in [-0.39, 0.29) is 5.91 Å². The van der Waals surface area contributed by atoms with Crippen LogP contribution in [0.4, 0.5) is 0 Å². The molecule has 0 atom stereocenters. The highest BCUT2D eigenvalue weighted by Crippen LogP contribution is 2.42. The lowest BCUT2D eigenvalue weighted by atomic mass is 9.90. The summed E-state index contributed by atoms with van der Waals surface area (Å²) >= 11 is 1.61. The molecule has 1 saturated carbocycles. The number of nitrogens with zero attached hydrogens (tertiary/aromatic N) is 2. The Hall–Kier alpha value is -1.68. The molecule has 132 valence electrons. The van der Waals surface area contributed by atoms with Gasteiger partial charge >= 0.3 is 0 Å². The molecule has 1 aliphatic carbocycles. The van der Waals surface area contributed by atoms with Crippen LogP contribution in [0.3, 0.4) is 0 Å². The highest BCUT2D eigenvalue weighted by atomic mass is 32.1. The van der Waals surface area contributed by atoms with Gasteiger partial charge in [-0.1, -0.05) is 29.8 Å². The van der Waals surface area contributed by atoms with Crippen molar-refractivity contribution in [3.05, 3.63) is 51.5 Å². The van der Waals surface area contributed by atoms with E-state index in [1.54, 1.807) is 17.5 Å². The molecule has 1 aliphatic heterocycles. The molecule has 2 aliphatic rings. The van der Waals surface area contributed by atoms with Gasteiger partial charge in [0.05, 0.1) is 11.2 Å². The molecule has 4 rings (SSSR count). The van der Waals surface area contributed by atoms with Crippen molar-refractivity contribution in [2.75, 3.05) is 13.1 Å². The van der Waals surface area contributed by atoms with Gasteiger partial charge in [0.2, 0.25) is 0 Å². The van der Waals surface area contributed by atoms with E-state index < -0.39 is 0 Å². The largest absolute Gasteiger partial charge is 0.338 e. The summed E-state index contributed by atoms with van der Waals surface area (Å²) in [7, 11) is 0. The smallest absolute Gasteiger partial charge is 0.265 e. The van der Waals surface area contributed by atoms with Crippen LogP contribution in [0.15, 0.2) is 30.5 Å². The zero-order valence-electron chi connectivity index (χ0n) is 14.9. The zero-order valence-corrected chi connectivity index (χ0v) is 15.7. The normalized spacial score (nSPS) is 18.5. The van der Waals surface area contributed by atoms with Crippen LogP contribution in [-0.4, -0.2) is 28.9 Å². The van der Waals surface area contributed by atoms with E-state index in [0.717, 1.165) is 48.2 Å². The molecule has 1 aromatic carbocycles. The Morgan fingerprint density at radius 3 is 2.56 bits per heavy atom. The molecule has 2 heterocycles. The summed E-state index contributed by atoms with van der Waals surface area (Å²) in [5.74, 6) is 1.58. The highest BCUT2D eigenvalue weighted by Gasteiger charge is 2.29. The van der Waals surface area contributed by atoms with Gasteiger partial charge in [-0.15, -0.1) is 11.3 Å². The van der Waals surface area contributed by atoms with Crippen LogP contribution in [0.2, 0.25) is 0 Å². The standard InChI is InChI=1S/C21H26N2OS/c1-15-2-4-16(5-3-15)6-7-17-10-12-23(13-11-17)21(24)19-14-22-20(25-19)18-8-9-18/h2-5,14,17-18H,6-13H2,1H3. The first-order chi connectivity index (χ1) is 12.2. The number of carbonyl (C=O) groups is 1. The van der Waals surface area contributed by atoms with E-state index >= 15 is 0 Å². The summed E-state index contributed by atoms with van der Waals surface area (Å²) in [5, 5.41) is 1.16. The number of likely N-dealkylation sites (tertiary alicyclic amines) is 1. The van der Waals surface area contributed by atoms with Crippen molar-refractivity contribution in [3.63, 3.8) is 0 Å². The van der Waals surface area contributed by atoms with Gasteiger partial charge in [0, 0.05) is 19.0 Å². The van der Waals surface area contributed by atoms with Gasteiger partial charge in [0.25, 0.3) is 5.91 Å². The Bertz CT molecular complexity index is 725. The summed E-state index contributed by atoms with van der Waals surface area (Å²) < 4.78 is 0. The van der Waals surface area contributed by atoms with Gasteiger partial charge in [0.15, 0.2) is 0 Å². The molecule has 3 nitrogen and oxygen atoms in total. The van der Waals surface area contributed by atoms with Crippen LogP contribution < -0.4 is 0 Å². The second kappa shape index (κ2) is 7.28. The lowest BCUT2D eigenvalue weighted by molar-refractivity contribution is 0.0691. The molecule has 0 N–H and O–H groups in total. The Labute approximate surface area is 154 Å². The van der Waals surface area contributed by atoms with Crippen molar-refractivity contribution in [1.82, 2.24) is 9.88 Å². The molecule has 1 saturated heterocycles. The molecule has 2 aromatic rings. The summed E-state index contributed by atoms with van der Waals surface area (Å²) in [6, 6.07) is 8.88. The lowest BCUT2D eigenvalue weighted by Gasteiger charge is -2.31. The van der Waals surface area contributed by atoms with Crippen LogP contribution in [-0.2, 0) is 6.42 Å². The first-order valence-corrected chi connectivity index (χ1v) is 10.3. The van der Waals surface area contributed by atoms with Crippen molar-refractivity contribution in [3.8, 4) is 0 Å². The molecule has 0 radical (unpaired) electrons. The highest BCUT2D eigenvalue weighted by molar-refractivity contribution is 7.13. The molecular formula is C21H26N2OS. The molecule has 4 heteroatoms. The van der Waals surface area contributed by atoms with E-state index in [1.165, 1.54) is 30.4 Å². The zero-order chi connectivity index (χ0) is 17.2. The molecular weight excluding hydrogens is 328 g/mol. The second-order valence-electron chi connectivity index (χ2n) is 7.60. The summed E-state index contributed by atoms with van der Waals surface area (Å²) in [5.41, 5.74) is 2.75. The fraction of sp³-hybridized carbons (Fsp3) is 0.524. The number of aromatic nitrogens is 1. The average molecular weight is 355 g/mol. The van der Waals surface area contributed by atoms with Gasteiger partial charge < -0.3 is 4.90 Å². The Morgan fingerprint density at radius 1 is 1.16 bits per heavy atom. The lowest BCUT2D eigenvalue weighted by Crippen LogP contribution is -2.38. The summed E-state index contributed by atoms with van der Waals surface area (Å²) in [6.07, 6.45) is 8.93. The molecule has 25 heavy (non-hydrogen) atoms. The predicted molar refractivity (Wildman–Crippen MR) is 102 cm³/mol. The molecule has 0 unspecified atom stereocenters. The van der Waals surface area contributed by atoms with E-state index in [1.807, 2.05) is 4.90 Å². The number of hydrogen-bond acceptors (Lipinski definition) is 3. The number of aryl methyl sites for hydroxylation is 2. The van der Waals surface area contributed by atoms with Gasteiger partial charge in [-0.25, -0.2) is 4.98 Å². The van der Waals surface area contributed by atoms with Gasteiger partial charge in [0.1, 0.15) is 4.88 Å². The van der Waals surface area contributed by atoms with Crippen LogP contribution >= 0.6 is 11.3 Å². The minimum atomic E-state index is 0.196. The van der Waals surface area contributed by atoms with E-state index in [2.05, 4.69) is 36.2 Å². The average Bonchev–Trinajstić information content (AvgIpc) is 3.38. The van der Waals surface area contributed by atoms with E-state index in [9.17, 15) is 4.79 Å². The maximum Gasteiger partial charge on any atom is 0.265 e. The Balaban J connectivity index is 1.25. The van der Waals surface area contributed by atoms with E-state index in [0.29, 0.717) is 5.92 Å². The number of amides is 1. The fourth-order valence-corrected chi connectivity index (χ4v) is 4.67. The molecule has 2 fully saturated rings. The van der Waals surface area contributed by atoms with Gasteiger partial charge in [-0.05, 0) is 56.9 Å². The summed E-state index contributed by atoms with van der Waals surface area (Å²) in [6.45, 7) is 3.93. The SMILES string of the molecule is Cc1ccc(CCC2CCN(C(=O)c3cnc(C4CC4)s3)CC2)cc1. The van der Waals surface area contributed by atoms with Crippen LogP contribution in [0, 0.1) is 12.8 Å². The molecule has 1 aromatic heterocycles. The topological polar surface area (TPSA) is 33.2 Å². The maximum atomic E-state index is 12.7. The van der Waals surface area contributed by atoms with Crippen molar-refractivity contribution < 1.29 is 4.79 Å². The number of hydrogen-bond donors (Lipinski definition) is 0. The van der Waals surface area contributed by atoms with Crippen LogP contribution in [0.1, 0.15) is 63.8 Å². The Morgan fingerprint density at radius 2 is 1.88 bits per heavy atom. The number of carbonyl (C=O) groups excluding carboxylic acids is 1. The summed E-state index contributed by atoms with van der Waals surface area (Å²) in [4.78, 5) is 20.0. The predicted octanol–water partition coefficient (Wildman–Crippen LogP) is 4.81. The van der Waals surface area contributed by atoms with Crippen molar-refractivity contribution >= 4 is 17.2 Å². The van der Waals surface area contributed by atoms with Crippen molar-refractivity contribution in [2.45, 2.75) is 51.4 Å². The van der Waals surface area contributed by atoms with Gasteiger partial charge in [-0.2, -0.15) is 0 Å². The number of benzene rings is 1. The van der Waals surface area contributed by atoms with Crippen molar-refractivity contribution in [2.24, 2.45) is 5.92 Å². The maximum absolute atomic E-state index is 12.7. The van der Waals surface area contributed by atoms with Gasteiger partial charge in [-0.3, -0.25) is 4.79 Å². The monoisotopic (exact) mass is 354 g/mol. The fourth-order valence-electron chi connectivity index (χ4n) is 3.61. The van der Waals surface area contributed by atoms with Crippen molar-refractivity contribution in [1.29, 1.82) is 0 Å². The third-order valence-electron chi connectivity index (χ3n) is 5.52. The number of thiazole rings is 1. The second-order valence-corrected chi connectivity index (χ2v) is 8.66. The quantitative estimate of drug-likeness (QED) is 0.772. The first kappa shape index (κ1) is 16.8. The van der Waals surface area contributed by atoms with E-state index in [4.69, 9.17) is 0 Å². The van der Waals surface area contributed by atoms with Crippen LogP contribution in [0.25, 0.3) is 0 Å². The minimum Gasteiger partial charge on any atom is -0.338 e. The number of rotatable bonds is 5. The molecule has 0 bridgehead atoms. The molecule has 0 spiro atoms. The first-order valence-electron chi connectivity index (χ1n) is 9.49. The molecule has 1 amide bonds. The minimum absolute atomic E-state index is 0.196. The third kappa shape index (κ3) is 4.12. The number of piperidine rings is 1. The third-order valence-corrected chi connectivity index (χ3v) is 6.67. The Kier molecular flexibility index (Phi) is 4.89. The van der Waals surface area contributed by atoms with Crippen LogP contribution in [0.5, 0.6) is 0 Å².